The van der Waals surface area contributed by atoms with Crippen LogP contribution in [0.15, 0.2) is 115 Å². The molecule has 0 unspecified atom stereocenters. The minimum absolute atomic E-state index is 0.0329. The SMILES string of the molecule is C[C@H](CC(=O)OCc1ccccc1)C(=O)N[C@@H](Cc1ccc(Cl)cc1)C(=O)C[C@@H](Cc1ccccc1)C(=O)C(=O)CCc1ccccc1. The molecule has 0 radical (unpaired) electrons. The highest BCUT2D eigenvalue weighted by Crippen LogP contribution is 2.20. The fraction of sp³-hybridized carbons (Fsp3) is 0.275. The van der Waals surface area contributed by atoms with Crippen LogP contribution in [0.25, 0.3) is 0 Å². The minimum atomic E-state index is -1.01. The molecular formula is C40H40ClNO6. The molecule has 48 heavy (non-hydrogen) atoms. The third-order valence-corrected chi connectivity index (χ3v) is 8.37. The molecule has 4 aromatic carbocycles. The van der Waals surface area contributed by atoms with Gasteiger partial charge in [-0.05, 0) is 53.6 Å². The fourth-order valence-corrected chi connectivity index (χ4v) is 5.48. The molecule has 4 rings (SSSR count). The summed E-state index contributed by atoms with van der Waals surface area (Å²) < 4.78 is 5.35. The Kier molecular flexibility index (Phi) is 13.8. The quantitative estimate of drug-likeness (QED) is 0.0934. The monoisotopic (exact) mass is 665 g/mol. The van der Waals surface area contributed by atoms with Crippen molar-refractivity contribution >= 4 is 40.8 Å². The number of hydrogen-bond donors (Lipinski definition) is 1. The number of hydrogen-bond acceptors (Lipinski definition) is 6. The second kappa shape index (κ2) is 18.5. The lowest BCUT2D eigenvalue weighted by molar-refractivity contribution is -0.148. The van der Waals surface area contributed by atoms with Gasteiger partial charge < -0.3 is 10.1 Å². The molecule has 248 valence electrons. The Morgan fingerprint density at radius 1 is 0.667 bits per heavy atom. The van der Waals surface area contributed by atoms with Gasteiger partial charge in [0.1, 0.15) is 6.61 Å². The molecule has 0 aromatic heterocycles. The highest BCUT2D eigenvalue weighted by atomic mass is 35.5. The Morgan fingerprint density at radius 2 is 1.21 bits per heavy atom. The van der Waals surface area contributed by atoms with Gasteiger partial charge in [-0.15, -0.1) is 0 Å². The molecule has 0 bridgehead atoms. The van der Waals surface area contributed by atoms with Gasteiger partial charge in [0.15, 0.2) is 11.6 Å². The molecule has 0 aliphatic carbocycles. The average Bonchev–Trinajstić information content (AvgIpc) is 3.11. The van der Waals surface area contributed by atoms with Crippen molar-refractivity contribution < 1.29 is 28.7 Å². The van der Waals surface area contributed by atoms with E-state index in [2.05, 4.69) is 5.32 Å². The number of carbonyl (C=O) groups excluding carboxylic acids is 5. The zero-order valence-corrected chi connectivity index (χ0v) is 27.7. The number of halogens is 1. The van der Waals surface area contributed by atoms with E-state index in [1.54, 1.807) is 31.2 Å². The van der Waals surface area contributed by atoms with E-state index in [-0.39, 0.29) is 44.5 Å². The predicted octanol–water partition coefficient (Wildman–Crippen LogP) is 6.73. The summed E-state index contributed by atoms with van der Waals surface area (Å²) in [6, 6.07) is 33.8. The Hall–Kier alpha value is -4.88. The summed E-state index contributed by atoms with van der Waals surface area (Å²) in [6.07, 6.45) is 0.376. The molecule has 1 N–H and O–H groups in total. The molecule has 0 saturated carbocycles. The second-order valence-corrected chi connectivity index (χ2v) is 12.4. The molecule has 1 amide bonds. The number of rotatable bonds is 18. The van der Waals surface area contributed by atoms with Gasteiger partial charge >= 0.3 is 5.97 Å². The van der Waals surface area contributed by atoms with E-state index in [9.17, 15) is 24.0 Å². The van der Waals surface area contributed by atoms with E-state index in [1.807, 2.05) is 91.0 Å². The van der Waals surface area contributed by atoms with Crippen LogP contribution in [0.2, 0.25) is 5.02 Å². The van der Waals surface area contributed by atoms with Crippen molar-refractivity contribution in [3.05, 3.63) is 143 Å². The second-order valence-electron chi connectivity index (χ2n) is 12.0. The summed E-state index contributed by atoms with van der Waals surface area (Å²) >= 11 is 6.08. The zero-order chi connectivity index (χ0) is 34.3. The maximum absolute atomic E-state index is 14.0. The highest BCUT2D eigenvalue weighted by Gasteiger charge is 2.32. The Balaban J connectivity index is 1.47. The van der Waals surface area contributed by atoms with E-state index >= 15 is 0 Å². The lowest BCUT2D eigenvalue weighted by atomic mass is 9.85. The number of carbonyl (C=O) groups is 5. The summed E-state index contributed by atoms with van der Waals surface area (Å²) in [5.74, 6) is -4.24. The van der Waals surface area contributed by atoms with Crippen molar-refractivity contribution in [3.63, 3.8) is 0 Å². The molecule has 3 atom stereocenters. The van der Waals surface area contributed by atoms with Crippen LogP contribution in [0, 0.1) is 11.8 Å². The van der Waals surface area contributed by atoms with Crippen LogP contribution in [-0.2, 0) is 54.6 Å². The molecule has 4 aromatic rings. The summed E-state index contributed by atoms with van der Waals surface area (Å²) in [5.41, 5.74) is 3.34. The predicted molar refractivity (Wildman–Crippen MR) is 185 cm³/mol. The van der Waals surface area contributed by atoms with Crippen molar-refractivity contribution in [1.82, 2.24) is 5.32 Å². The number of Topliss-reactive ketones (excluding diaryl/α,β-unsaturated/α-hetero) is 3. The molecule has 8 heteroatoms. The van der Waals surface area contributed by atoms with Gasteiger partial charge in [-0.3, -0.25) is 24.0 Å². The number of ether oxygens (including phenoxy) is 1. The van der Waals surface area contributed by atoms with E-state index in [4.69, 9.17) is 16.3 Å². The van der Waals surface area contributed by atoms with E-state index in [1.165, 1.54) is 0 Å². The standard InChI is InChI=1S/C40H40ClNO6/c1-28(23-38(45)48-27-32-15-9-4-10-16-32)40(47)42-35(25-31-17-20-34(41)21-18-31)37(44)26-33(24-30-13-7-3-8-14-30)39(46)36(43)22-19-29-11-5-2-6-12-29/h2-18,20-21,28,33,35H,19,22-27H2,1H3,(H,42,47)/t28-,33-,35+/m1/s1. The van der Waals surface area contributed by atoms with Crippen molar-refractivity contribution in [3.8, 4) is 0 Å². The summed E-state index contributed by atoms with van der Waals surface area (Å²) in [4.78, 5) is 66.6. The third-order valence-electron chi connectivity index (χ3n) is 8.12. The lowest BCUT2D eigenvalue weighted by Crippen LogP contribution is -2.46. The Morgan fingerprint density at radius 3 is 1.81 bits per heavy atom. The van der Waals surface area contributed by atoms with Crippen LogP contribution in [0.1, 0.15) is 48.4 Å². The minimum Gasteiger partial charge on any atom is -0.461 e. The highest BCUT2D eigenvalue weighted by molar-refractivity contribution is 6.38. The third kappa shape index (κ3) is 11.7. The van der Waals surface area contributed by atoms with Crippen LogP contribution >= 0.6 is 11.6 Å². The van der Waals surface area contributed by atoms with Gasteiger partial charge in [0.25, 0.3) is 0 Å². The largest absolute Gasteiger partial charge is 0.461 e. The van der Waals surface area contributed by atoms with Crippen LogP contribution in [0.3, 0.4) is 0 Å². The summed E-state index contributed by atoms with van der Waals surface area (Å²) in [5, 5.41) is 3.34. The van der Waals surface area contributed by atoms with Gasteiger partial charge in [0.05, 0.1) is 12.5 Å². The van der Waals surface area contributed by atoms with Gasteiger partial charge in [-0.1, -0.05) is 122 Å². The number of ketones is 3. The first-order valence-electron chi connectivity index (χ1n) is 16.1. The molecule has 0 fully saturated rings. The van der Waals surface area contributed by atoms with Crippen molar-refractivity contribution in [2.75, 3.05) is 0 Å². The number of nitrogens with one attached hydrogen (secondary N) is 1. The molecule has 0 saturated heterocycles. The number of benzene rings is 4. The Bertz CT molecular complexity index is 1660. The first-order chi connectivity index (χ1) is 23.2. The molecule has 0 heterocycles. The lowest BCUT2D eigenvalue weighted by Gasteiger charge is -2.23. The number of amides is 1. The summed E-state index contributed by atoms with van der Waals surface area (Å²) in [6.45, 7) is 1.68. The molecular weight excluding hydrogens is 626 g/mol. The van der Waals surface area contributed by atoms with Crippen molar-refractivity contribution in [2.45, 2.75) is 58.1 Å². The smallest absolute Gasteiger partial charge is 0.306 e. The first-order valence-corrected chi connectivity index (χ1v) is 16.5. The topological polar surface area (TPSA) is 107 Å². The van der Waals surface area contributed by atoms with Gasteiger partial charge in [0.2, 0.25) is 11.7 Å². The molecule has 0 aliphatic rings. The summed E-state index contributed by atoms with van der Waals surface area (Å²) in [7, 11) is 0. The Labute approximate surface area is 286 Å². The van der Waals surface area contributed by atoms with E-state index in [0.717, 1.165) is 22.3 Å². The van der Waals surface area contributed by atoms with Gasteiger partial charge in [0, 0.05) is 29.7 Å². The van der Waals surface area contributed by atoms with Gasteiger partial charge in [-0.2, -0.15) is 0 Å². The van der Waals surface area contributed by atoms with Crippen LogP contribution in [-0.4, -0.2) is 35.3 Å². The zero-order valence-electron chi connectivity index (χ0n) is 27.0. The van der Waals surface area contributed by atoms with E-state index < -0.39 is 41.3 Å². The molecule has 0 spiro atoms. The fourth-order valence-electron chi connectivity index (χ4n) is 5.35. The van der Waals surface area contributed by atoms with Crippen LogP contribution in [0.4, 0.5) is 0 Å². The van der Waals surface area contributed by atoms with E-state index in [0.29, 0.717) is 11.4 Å². The number of esters is 1. The van der Waals surface area contributed by atoms with Crippen molar-refractivity contribution in [2.24, 2.45) is 11.8 Å². The van der Waals surface area contributed by atoms with Crippen LogP contribution < -0.4 is 5.32 Å². The molecule has 0 aliphatic heterocycles. The number of aryl methyl sites for hydroxylation is 1. The maximum Gasteiger partial charge on any atom is 0.306 e. The normalized spacial score (nSPS) is 12.7. The average molecular weight is 666 g/mol. The van der Waals surface area contributed by atoms with Crippen LogP contribution in [0.5, 0.6) is 0 Å². The maximum atomic E-state index is 14.0. The molecule has 7 nitrogen and oxygen atoms in total. The first kappa shape index (κ1) is 36.0. The van der Waals surface area contributed by atoms with Gasteiger partial charge in [-0.25, -0.2) is 0 Å². The van der Waals surface area contributed by atoms with Crippen molar-refractivity contribution in [1.29, 1.82) is 0 Å².